The minimum atomic E-state index is -0.106. The summed E-state index contributed by atoms with van der Waals surface area (Å²) in [5.74, 6) is 0.734. The summed E-state index contributed by atoms with van der Waals surface area (Å²) in [6, 6.07) is 10.6. The number of amides is 1. The first-order valence-electron chi connectivity index (χ1n) is 10.4. The van der Waals surface area contributed by atoms with Gasteiger partial charge in [0.05, 0.1) is 17.6 Å². The highest BCUT2D eigenvalue weighted by Crippen LogP contribution is 2.43. The Hall–Kier alpha value is -2.38. The van der Waals surface area contributed by atoms with Crippen LogP contribution in [0.1, 0.15) is 67.7 Å². The largest absolute Gasteiger partial charge is 0.311 e. The molecular formula is C21H27N5O2. The molecule has 2 fully saturated rings. The highest BCUT2D eigenvalue weighted by molar-refractivity contribution is 5.93. The van der Waals surface area contributed by atoms with Crippen LogP contribution in [-0.4, -0.2) is 22.2 Å². The van der Waals surface area contributed by atoms with Gasteiger partial charge >= 0.3 is 0 Å². The molecule has 2 aromatic rings. The summed E-state index contributed by atoms with van der Waals surface area (Å²) < 4.78 is 1.95. The van der Waals surface area contributed by atoms with Gasteiger partial charge in [-0.25, -0.2) is 5.43 Å². The molecule has 1 saturated carbocycles. The zero-order valence-corrected chi connectivity index (χ0v) is 15.9. The van der Waals surface area contributed by atoms with Gasteiger partial charge in [-0.05, 0) is 18.4 Å². The van der Waals surface area contributed by atoms with Crippen LogP contribution in [0.5, 0.6) is 0 Å². The summed E-state index contributed by atoms with van der Waals surface area (Å²) >= 11 is 0. The van der Waals surface area contributed by atoms with E-state index in [1.807, 2.05) is 22.9 Å². The Labute approximate surface area is 163 Å². The van der Waals surface area contributed by atoms with Crippen molar-refractivity contribution in [2.45, 2.75) is 56.5 Å². The summed E-state index contributed by atoms with van der Waals surface area (Å²) in [6.45, 7) is 0.727. The normalized spacial score (nSPS) is 28.1. The topological polar surface area (TPSA) is 91.0 Å². The quantitative estimate of drug-likeness (QED) is 0.658. The molecule has 3 heterocycles. The van der Waals surface area contributed by atoms with Gasteiger partial charge < -0.3 is 5.32 Å². The van der Waals surface area contributed by atoms with Crippen molar-refractivity contribution < 1.29 is 4.79 Å². The molecule has 4 N–H and O–H groups in total. The van der Waals surface area contributed by atoms with Crippen LogP contribution in [0.3, 0.4) is 0 Å². The molecule has 2 aliphatic heterocycles. The Morgan fingerprint density at radius 1 is 1.00 bits per heavy atom. The second kappa shape index (κ2) is 7.22. The molecule has 148 valence electrons. The van der Waals surface area contributed by atoms with Gasteiger partial charge in [0.25, 0.3) is 5.56 Å². The lowest BCUT2D eigenvalue weighted by atomic mass is 9.77. The lowest BCUT2D eigenvalue weighted by molar-refractivity contribution is -0.117. The van der Waals surface area contributed by atoms with Crippen molar-refractivity contribution in [1.82, 2.24) is 20.6 Å². The van der Waals surface area contributed by atoms with Crippen molar-refractivity contribution in [3.63, 3.8) is 0 Å². The van der Waals surface area contributed by atoms with E-state index in [9.17, 15) is 9.59 Å². The van der Waals surface area contributed by atoms with Crippen LogP contribution >= 0.6 is 0 Å². The van der Waals surface area contributed by atoms with Crippen LogP contribution in [-0.2, 0) is 4.79 Å². The molecule has 1 amide bonds. The first-order chi connectivity index (χ1) is 13.7. The van der Waals surface area contributed by atoms with Gasteiger partial charge in [-0.15, -0.1) is 0 Å². The van der Waals surface area contributed by atoms with E-state index in [2.05, 4.69) is 33.4 Å². The van der Waals surface area contributed by atoms with E-state index < -0.39 is 0 Å². The number of hydrogen-bond acceptors (Lipinski definition) is 4. The molecule has 28 heavy (non-hydrogen) atoms. The number of aromatic nitrogens is 2. The number of benzene rings is 1. The van der Waals surface area contributed by atoms with Crippen molar-refractivity contribution in [2.75, 3.05) is 11.9 Å². The predicted octanol–water partition coefficient (Wildman–Crippen LogP) is 2.57. The molecule has 1 saturated heterocycles. The smallest absolute Gasteiger partial charge is 0.269 e. The van der Waals surface area contributed by atoms with Gasteiger partial charge in [0.2, 0.25) is 5.91 Å². The number of fused-ring (bicyclic) bond motifs is 1. The zero-order valence-electron chi connectivity index (χ0n) is 15.9. The maximum absolute atomic E-state index is 13.0. The average molecular weight is 381 g/mol. The first kappa shape index (κ1) is 17.7. The monoisotopic (exact) mass is 381 g/mol. The molecule has 7 heteroatoms. The Bertz CT molecular complexity index is 913. The van der Waals surface area contributed by atoms with Crippen LogP contribution in [0.2, 0.25) is 0 Å². The number of nitrogens with zero attached hydrogens (tertiary/aromatic N) is 1. The van der Waals surface area contributed by atoms with Crippen LogP contribution in [0.4, 0.5) is 5.82 Å². The van der Waals surface area contributed by atoms with Crippen LogP contribution in [0.15, 0.2) is 35.1 Å². The number of hydrogen-bond donors (Lipinski definition) is 4. The number of rotatable bonds is 3. The van der Waals surface area contributed by atoms with Crippen molar-refractivity contribution in [2.24, 2.45) is 5.92 Å². The predicted molar refractivity (Wildman–Crippen MR) is 107 cm³/mol. The van der Waals surface area contributed by atoms with E-state index in [0.717, 1.165) is 24.9 Å². The maximum atomic E-state index is 13.0. The minimum Gasteiger partial charge on any atom is -0.311 e. The van der Waals surface area contributed by atoms with Gasteiger partial charge in [-0.1, -0.05) is 49.6 Å². The van der Waals surface area contributed by atoms with Gasteiger partial charge in [-0.3, -0.25) is 24.8 Å². The first-order valence-corrected chi connectivity index (χ1v) is 10.4. The van der Waals surface area contributed by atoms with Crippen molar-refractivity contribution in [3.8, 4) is 0 Å². The third-order valence-corrected chi connectivity index (χ3v) is 6.64. The number of carbonyl (C=O) groups excluding carboxylic acids is 1. The Balaban J connectivity index is 1.53. The maximum Gasteiger partial charge on any atom is 0.269 e. The third kappa shape index (κ3) is 2.99. The van der Waals surface area contributed by atoms with Crippen molar-refractivity contribution in [3.05, 3.63) is 51.8 Å². The fourth-order valence-corrected chi connectivity index (χ4v) is 5.27. The summed E-state index contributed by atoms with van der Waals surface area (Å²) in [5, 5.41) is 6.07. The summed E-state index contributed by atoms with van der Waals surface area (Å²) in [7, 11) is 0. The highest BCUT2D eigenvalue weighted by atomic mass is 16.2. The Kier molecular flexibility index (Phi) is 4.56. The number of anilines is 1. The van der Waals surface area contributed by atoms with Crippen molar-refractivity contribution >= 4 is 11.7 Å². The van der Waals surface area contributed by atoms with Crippen LogP contribution in [0, 0.1) is 5.92 Å². The molecule has 7 nitrogen and oxygen atoms in total. The Morgan fingerprint density at radius 3 is 2.57 bits per heavy atom. The molecule has 3 atom stereocenters. The van der Waals surface area contributed by atoms with E-state index >= 15 is 0 Å². The van der Waals surface area contributed by atoms with Gasteiger partial charge in [0.15, 0.2) is 0 Å². The Morgan fingerprint density at radius 2 is 1.79 bits per heavy atom. The summed E-state index contributed by atoms with van der Waals surface area (Å²) in [5.41, 5.74) is 8.48. The molecule has 5 rings (SSSR count). The van der Waals surface area contributed by atoms with E-state index in [4.69, 9.17) is 0 Å². The fourth-order valence-electron chi connectivity index (χ4n) is 5.27. The molecule has 3 aliphatic rings. The lowest BCUT2D eigenvalue weighted by Crippen LogP contribution is -2.33. The van der Waals surface area contributed by atoms with Gasteiger partial charge in [0.1, 0.15) is 5.82 Å². The number of H-pyrrole nitrogens is 1. The summed E-state index contributed by atoms with van der Waals surface area (Å²) in [6.07, 6.45) is 6.04. The zero-order chi connectivity index (χ0) is 19.1. The summed E-state index contributed by atoms with van der Waals surface area (Å²) in [4.78, 5) is 25.6. The number of hydrazine groups is 1. The number of carbonyl (C=O) groups is 1. The van der Waals surface area contributed by atoms with Crippen LogP contribution in [0.25, 0.3) is 0 Å². The third-order valence-electron chi connectivity index (χ3n) is 6.64. The minimum absolute atomic E-state index is 0.000212. The van der Waals surface area contributed by atoms with E-state index in [1.165, 1.54) is 24.8 Å². The molecule has 1 aliphatic carbocycles. The number of aromatic amines is 1. The molecule has 0 spiro atoms. The average Bonchev–Trinajstić information content (AvgIpc) is 3.34. The highest BCUT2D eigenvalue weighted by Gasteiger charge is 2.42. The molecule has 0 radical (unpaired) electrons. The van der Waals surface area contributed by atoms with E-state index in [1.54, 1.807) is 0 Å². The van der Waals surface area contributed by atoms with Crippen molar-refractivity contribution in [1.29, 1.82) is 0 Å². The lowest BCUT2D eigenvalue weighted by Gasteiger charge is -2.32. The molecule has 1 aromatic heterocycles. The number of nitrogens with one attached hydrogen (secondary N) is 4. The van der Waals surface area contributed by atoms with Gasteiger partial charge in [-0.2, -0.15) is 0 Å². The molecule has 1 aromatic carbocycles. The molecule has 0 bridgehead atoms. The van der Waals surface area contributed by atoms with E-state index in [0.29, 0.717) is 12.2 Å². The molecular weight excluding hydrogens is 354 g/mol. The SMILES string of the molecule is O=C1CC(C2CNNC2c2ccccc2)c2c(n(C3CCCCC3)[nH]c2=O)N1. The fraction of sp³-hybridized carbons (Fsp3) is 0.524. The van der Waals surface area contributed by atoms with Gasteiger partial charge in [0, 0.05) is 24.8 Å². The molecule has 3 unspecified atom stereocenters. The van der Waals surface area contributed by atoms with Crippen LogP contribution < -0.4 is 21.7 Å². The second-order valence-corrected chi connectivity index (χ2v) is 8.30. The second-order valence-electron chi connectivity index (χ2n) is 8.30. The standard InChI is InChI=1S/C21H27N5O2/c27-17-11-15(16-12-22-24-19(16)13-7-3-1-4-8-13)18-20(23-17)26(25-21(18)28)14-9-5-2-6-10-14/h1,3-4,7-8,14-16,19,22,24H,2,5-6,9-12H2,(H,23,27)(H,25,28). The van der Waals surface area contributed by atoms with E-state index in [-0.39, 0.29) is 35.4 Å².